The van der Waals surface area contributed by atoms with Crippen molar-refractivity contribution in [1.82, 2.24) is 9.80 Å². The number of benzene rings is 2. The predicted molar refractivity (Wildman–Crippen MR) is 126 cm³/mol. The molecule has 2 aromatic carbocycles. The number of amides is 2. The minimum absolute atomic E-state index is 0.0955. The van der Waals surface area contributed by atoms with E-state index in [9.17, 15) is 14.4 Å². The highest BCUT2D eigenvalue weighted by Gasteiger charge is 2.64. The predicted octanol–water partition coefficient (Wildman–Crippen LogP) is 4.70. The Morgan fingerprint density at radius 2 is 1.64 bits per heavy atom. The number of nitrogens with zero attached hydrogens (tertiary/aromatic N) is 2. The molecule has 2 saturated heterocycles. The fourth-order valence-electron chi connectivity index (χ4n) is 5.71. The van der Waals surface area contributed by atoms with Gasteiger partial charge in [0.1, 0.15) is 6.04 Å². The van der Waals surface area contributed by atoms with Crippen LogP contribution < -0.4 is 0 Å². The Morgan fingerprint density at radius 1 is 0.909 bits per heavy atom. The Labute approximate surface area is 195 Å². The van der Waals surface area contributed by atoms with Gasteiger partial charge in [-0.3, -0.25) is 19.3 Å². The molecule has 164 valence electrons. The topological polar surface area (TPSA) is 57.7 Å². The van der Waals surface area contributed by atoms with Gasteiger partial charge in [0.2, 0.25) is 11.8 Å². The third-order valence-corrected chi connectivity index (χ3v) is 8.08. The summed E-state index contributed by atoms with van der Waals surface area (Å²) in [4.78, 5) is 45.4. The van der Waals surface area contributed by atoms with Crippen LogP contribution in [0.1, 0.15) is 45.4 Å². The lowest BCUT2D eigenvalue weighted by molar-refractivity contribution is -0.143. The van der Waals surface area contributed by atoms with E-state index in [4.69, 9.17) is 0 Å². The molecule has 0 saturated carbocycles. The molecule has 6 heteroatoms. The molecule has 0 unspecified atom stereocenters. The molecule has 3 aliphatic heterocycles. The van der Waals surface area contributed by atoms with Gasteiger partial charge in [-0.1, -0.05) is 60.7 Å². The number of imide groups is 1. The number of likely N-dealkylation sites (tertiary alicyclic amines) is 1. The standard InChI is InChI=1S/C27H22N2O3S/c1-16(17-8-3-2-4-9-17)29-26(31)21-22(27(29)32)24(25(30)20-12-7-15-33-20)28-14-13-18-10-5-6-11-19(18)23(21)28/h2-16,21-24H,1H3/t16-,21+,22-,23+,24+/m1/s1. The fraction of sp³-hybridized carbons (Fsp3) is 0.222. The summed E-state index contributed by atoms with van der Waals surface area (Å²) in [7, 11) is 0. The molecule has 0 radical (unpaired) electrons. The van der Waals surface area contributed by atoms with Gasteiger partial charge in [-0.05, 0) is 41.1 Å². The van der Waals surface area contributed by atoms with Crippen LogP contribution in [0.5, 0.6) is 0 Å². The van der Waals surface area contributed by atoms with Crippen molar-refractivity contribution >= 4 is 35.0 Å². The molecular formula is C27H22N2O3S. The molecule has 0 spiro atoms. The van der Waals surface area contributed by atoms with Gasteiger partial charge in [0, 0.05) is 6.20 Å². The first-order valence-corrected chi connectivity index (χ1v) is 12.0. The van der Waals surface area contributed by atoms with Crippen LogP contribution in [0.4, 0.5) is 0 Å². The first-order valence-electron chi connectivity index (χ1n) is 11.1. The number of hydrogen-bond donors (Lipinski definition) is 0. The molecule has 6 rings (SSSR count). The number of fused-ring (bicyclic) bond motifs is 5. The lowest BCUT2D eigenvalue weighted by atomic mass is 9.84. The van der Waals surface area contributed by atoms with Crippen LogP contribution in [0.2, 0.25) is 0 Å². The summed E-state index contributed by atoms with van der Waals surface area (Å²) in [5.74, 6) is -1.84. The summed E-state index contributed by atoms with van der Waals surface area (Å²) < 4.78 is 0. The van der Waals surface area contributed by atoms with Crippen LogP contribution >= 0.6 is 11.3 Å². The van der Waals surface area contributed by atoms with Crippen molar-refractivity contribution in [2.24, 2.45) is 11.8 Å². The highest BCUT2D eigenvalue weighted by atomic mass is 32.1. The number of thiophene rings is 1. The Bertz CT molecular complexity index is 1280. The quantitative estimate of drug-likeness (QED) is 0.423. The van der Waals surface area contributed by atoms with Crippen LogP contribution in [-0.4, -0.2) is 33.4 Å². The smallest absolute Gasteiger partial charge is 0.236 e. The highest BCUT2D eigenvalue weighted by Crippen LogP contribution is 2.54. The lowest BCUT2D eigenvalue weighted by Crippen LogP contribution is -2.44. The summed E-state index contributed by atoms with van der Waals surface area (Å²) in [5, 5.41) is 1.86. The van der Waals surface area contributed by atoms with Crippen molar-refractivity contribution < 1.29 is 14.4 Å². The molecule has 2 amide bonds. The van der Waals surface area contributed by atoms with Crippen LogP contribution in [0, 0.1) is 11.8 Å². The molecule has 3 aliphatic rings. The molecular weight excluding hydrogens is 432 g/mol. The summed E-state index contributed by atoms with van der Waals surface area (Å²) in [6.07, 6.45) is 3.87. The third-order valence-electron chi connectivity index (χ3n) is 7.20. The zero-order valence-corrected chi connectivity index (χ0v) is 18.8. The molecule has 1 aromatic heterocycles. The number of carbonyl (C=O) groups is 3. The first-order chi connectivity index (χ1) is 16.1. The maximum absolute atomic E-state index is 13.9. The molecule has 5 nitrogen and oxygen atoms in total. The van der Waals surface area contributed by atoms with Gasteiger partial charge in [-0.25, -0.2) is 0 Å². The summed E-state index contributed by atoms with van der Waals surface area (Å²) in [5.41, 5.74) is 2.92. The number of Topliss-reactive ketones (excluding diaryl/α,β-unsaturated/α-hetero) is 1. The maximum atomic E-state index is 13.9. The molecule has 33 heavy (non-hydrogen) atoms. The van der Waals surface area contributed by atoms with E-state index in [1.54, 1.807) is 6.07 Å². The van der Waals surface area contributed by atoms with Gasteiger partial charge in [0.25, 0.3) is 0 Å². The summed E-state index contributed by atoms with van der Waals surface area (Å²) >= 11 is 1.37. The van der Waals surface area contributed by atoms with Gasteiger partial charge in [0.15, 0.2) is 5.78 Å². The molecule has 0 N–H and O–H groups in total. The molecule has 2 fully saturated rings. The average Bonchev–Trinajstić information content (AvgIpc) is 3.55. The van der Waals surface area contributed by atoms with Crippen LogP contribution in [-0.2, 0) is 9.59 Å². The SMILES string of the molecule is C[C@H](c1ccccc1)N1C(=O)[C@@H]2[C@H](C1=O)[C@@H]1c3ccccc3C=CN1[C@@H]2C(=O)c1cccs1. The van der Waals surface area contributed by atoms with Crippen molar-refractivity contribution in [2.45, 2.75) is 25.0 Å². The summed E-state index contributed by atoms with van der Waals surface area (Å²) in [6, 6.07) is 19.7. The third kappa shape index (κ3) is 2.87. The van der Waals surface area contributed by atoms with Gasteiger partial charge < -0.3 is 4.90 Å². The Kier molecular flexibility index (Phi) is 4.59. The second-order valence-electron chi connectivity index (χ2n) is 8.81. The molecule has 0 bridgehead atoms. The second kappa shape index (κ2) is 7.52. The van der Waals surface area contributed by atoms with E-state index in [1.165, 1.54) is 16.2 Å². The van der Waals surface area contributed by atoms with Crippen molar-refractivity contribution in [3.63, 3.8) is 0 Å². The lowest BCUT2D eigenvalue weighted by Gasteiger charge is -2.36. The fourth-order valence-corrected chi connectivity index (χ4v) is 6.40. The number of hydrogen-bond acceptors (Lipinski definition) is 5. The molecule has 5 atom stereocenters. The number of ketones is 1. The number of rotatable bonds is 4. The van der Waals surface area contributed by atoms with Gasteiger partial charge in [0.05, 0.1) is 28.8 Å². The first kappa shape index (κ1) is 20.1. The minimum atomic E-state index is -0.709. The van der Waals surface area contributed by atoms with Crippen molar-refractivity contribution in [2.75, 3.05) is 0 Å². The number of carbonyl (C=O) groups excluding carboxylic acids is 3. The van der Waals surface area contributed by atoms with E-state index in [1.807, 2.05) is 90.1 Å². The summed E-state index contributed by atoms with van der Waals surface area (Å²) in [6.45, 7) is 1.88. The molecule has 4 heterocycles. The molecule has 0 aliphatic carbocycles. The normalized spacial score (nSPS) is 26.2. The van der Waals surface area contributed by atoms with Crippen molar-refractivity contribution in [3.05, 3.63) is 99.9 Å². The van der Waals surface area contributed by atoms with E-state index in [0.29, 0.717) is 4.88 Å². The van der Waals surface area contributed by atoms with Crippen LogP contribution in [0.15, 0.2) is 78.3 Å². The van der Waals surface area contributed by atoms with E-state index >= 15 is 0 Å². The zero-order chi connectivity index (χ0) is 22.7. The monoisotopic (exact) mass is 454 g/mol. The van der Waals surface area contributed by atoms with Crippen molar-refractivity contribution in [3.8, 4) is 0 Å². The largest absolute Gasteiger partial charge is 0.358 e. The van der Waals surface area contributed by atoms with Crippen LogP contribution in [0.3, 0.4) is 0 Å². The molecule has 3 aromatic rings. The van der Waals surface area contributed by atoms with E-state index in [2.05, 4.69) is 0 Å². The van der Waals surface area contributed by atoms with Gasteiger partial charge in [-0.15, -0.1) is 11.3 Å². The van der Waals surface area contributed by atoms with E-state index in [-0.39, 0.29) is 23.6 Å². The van der Waals surface area contributed by atoms with E-state index < -0.39 is 23.9 Å². The zero-order valence-electron chi connectivity index (χ0n) is 18.0. The Balaban J connectivity index is 1.48. The average molecular weight is 455 g/mol. The second-order valence-corrected chi connectivity index (χ2v) is 9.76. The Morgan fingerprint density at radius 3 is 2.39 bits per heavy atom. The highest BCUT2D eigenvalue weighted by molar-refractivity contribution is 7.12. The van der Waals surface area contributed by atoms with Gasteiger partial charge >= 0.3 is 0 Å². The minimum Gasteiger partial charge on any atom is -0.358 e. The van der Waals surface area contributed by atoms with Crippen molar-refractivity contribution in [1.29, 1.82) is 0 Å². The maximum Gasteiger partial charge on any atom is 0.236 e. The van der Waals surface area contributed by atoms with E-state index in [0.717, 1.165) is 16.7 Å². The van der Waals surface area contributed by atoms with Gasteiger partial charge in [-0.2, -0.15) is 0 Å². The Hall–Kier alpha value is -3.51. The van der Waals surface area contributed by atoms with Crippen LogP contribution in [0.25, 0.3) is 6.08 Å².